The van der Waals surface area contributed by atoms with E-state index in [4.69, 9.17) is 9.52 Å². The number of nitrogens with zero attached hydrogens (tertiary/aromatic N) is 1. The minimum Gasteiger partial charge on any atom is -0.444 e. The summed E-state index contributed by atoms with van der Waals surface area (Å²) in [5, 5.41) is 8.53. The Morgan fingerprint density at radius 1 is 1.38 bits per heavy atom. The number of aromatic nitrogens is 1. The number of halogens is 1. The maximum absolute atomic E-state index is 12.8. The summed E-state index contributed by atoms with van der Waals surface area (Å²) < 4.78 is 17.9. The maximum Gasteiger partial charge on any atom is 0.181 e. The van der Waals surface area contributed by atoms with Gasteiger partial charge in [0.05, 0.1) is 12.8 Å². The quantitative estimate of drug-likeness (QED) is 0.863. The molecule has 0 fully saturated rings. The van der Waals surface area contributed by atoms with Crippen molar-refractivity contribution in [2.75, 3.05) is 6.61 Å². The molecular weight excluding hydrogens is 209 g/mol. The molecule has 16 heavy (non-hydrogen) atoms. The molecule has 0 atom stereocenters. The molecule has 1 aromatic heterocycles. The van der Waals surface area contributed by atoms with Gasteiger partial charge in [-0.05, 0) is 11.6 Å². The largest absolute Gasteiger partial charge is 0.444 e. The van der Waals surface area contributed by atoms with Crippen molar-refractivity contribution in [1.29, 1.82) is 0 Å². The Morgan fingerprint density at radius 2 is 2.12 bits per heavy atom. The molecule has 82 valence electrons. The molecule has 3 nitrogen and oxygen atoms in total. The molecule has 2 aromatic rings. The Hall–Kier alpha value is -1.94. The molecular formula is C12H10FNO2. The van der Waals surface area contributed by atoms with E-state index in [9.17, 15) is 4.39 Å². The molecule has 1 aromatic carbocycles. The van der Waals surface area contributed by atoms with Gasteiger partial charge in [0.15, 0.2) is 12.2 Å². The van der Waals surface area contributed by atoms with Crippen LogP contribution in [0.5, 0.6) is 0 Å². The van der Waals surface area contributed by atoms with Gasteiger partial charge in [0.2, 0.25) is 0 Å². The zero-order valence-electron chi connectivity index (χ0n) is 8.43. The lowest BCUT2D eigenvalue weighted by Gasteiger charge is -1.97. The number of aliphatic hydroxyl groups is 1. The van der Waals surface area contributed by atoms with Crippen LogP contribution < -0.4 is 0 Å². The molecule has 0 unspecified atom stereocenters. The van der Waals surface area contributed by atoms with E-state index < -0.39 is 12.4 Å². The molecule has 0 spiro atoms. The highest BCUT2D eigenvalue weighted by atomic mass is 19.1. The number of hydrogen-bond acceptors (Lipinski definition) is 3. The van der Waals surface area contributed by atoms with Crippen molar-refractivity contribution < 1.29 is 13.9 Å². The van der Waals surface area contributed by atoms with E-state index in [0.717, 1.165) is 5.56 Å². The van der Waals surface area contributed by atoms with Crippen LogP contribution in [-0.4, -0.2) is 16.7 Å². The summed E-state index contributed by atoms with van der Waals surface area (Å²) in [5.41, 5.74) is 1.56. The predicted octanol–water partition coefficient (Wildman–Crippen LogP) is 2.64. The first kappa shape index (κ1) is 10.6. The number of oxazole rings is 1. The molecule has 0 radical (unpaired) electrons. The fourth-order valence-electron chi connectivity index (χ4n) is 1.33. The van der Waals surface area contributed by atoms with Gasteiger partial charge in [0.25, 0.3) is 0 Å². The number of aliphatic hydroxyl groups excluding tert-OH is 1. The van der Waals surface area contributed by atoms with Crippen molar-refractivity contribution in [3.8, 4) is 11.3 Å². The van der Waals surface area contributed by atoms with E-state index >= 15 is 0 Å². The van der Waals surface area contributed by atoms with Crippen molar-refractivity contribution in [3.63, 3.8) is 0 Å². The zero-order chi connectivity index (χ0) is 11.4. The normalized spacial score (nSPS) is 11.8. The van der Waals surface area contributed by atoms with Crippen LogP contribution in [0.3, 0.4) is 0 Å². The van der Waals surface area contributed by atoms with Crippen molar-refractivity contribution in [2.45, 2.75) is 0 Å². The highest BCUT2D eigenvalue weighted by Crippen LogP contribution is 2.19. The van der Waals surface area contributed by atoms with Crippen LogP contribution in [0.25, 0.3) is 17.4 Å². The first-order valence-electron chi connectivity index (χ1n) is 4.75. The van der Waals surface area contributed by atoms with Gasteiger partial charge in [-0.15, -0.1) is 0 Å². The lowest BCUT2D eigenvalue weighted by molar-refractivity contribution is 0.300. The number of rotatable bonds is 3. The van der Waals surface area contributed by atoms with E-state index in [0.29, 0.717) is 11.3 Å². The first-order valence-corrected chi connectivity index (χ1v) is 4.75. The second kappa shape index (κ2) is 4.72. The van der Waals surface area contributed by atoms with Gasteiger partial charge in [-0.1, -0.05) is 24.3 Å². The summed E-state index contributed by atoms with van der Waals surface area (Å²) >= 11 is 0. The van der Waals surface area contributed by atoms with E-state index in [1.807, 2.05) is 0 Å². The second-order valence-electron chi connectivity index (χ2n) is 3.24. The predicted molar refractivity (Wildman–Crippen MR) is 58.1 cm³/mol. The second-order valence-corrected chi connectivity index (χ2v) is 3.24. The highest BCUT2D eigenvalue weighted by molar-refractivity contribution is 5.60. The Labute approximate surface area is 91.9 Å². The van der Waals surface area contributed by atoms with Gasteiger partial charge in [-0.2, -0.15) is 0 Å². The molecule has 2 rings (SSSR count). The molecule has 1 N–H and O–H groups in total. The molecule has 0 bridgehead atoms. The summed E-state index contributed by atoms with van der Waals surface area (Å²) in [5.74, 6) is 0.102. The summed E-state index contributed by atoms with van der Waals surface area (Å²) in [4.78, 5) is 3.81. The third kappa shape index (κ3) is 2.35. The minimum absolute atomic E-state index is 0.563. The first-order chi connectivity index (χ1) is 7.79. The zero-order valence-corrected chi connectivity index (χ0v) is 8.43. The van der Waals surface area contributed by atoms with Crippen molar-refractivity contribution in [3.05, 3.63) is 48.2 Å². The van der Waals surface area contributed by atoms with E-state index in [-0.39, 0.29) is 0 Å². The van der Waals surface area contributed by atoms with Crippen LogP contribution in [0.1, 0.15) is 5.56 Å². The molecule has 0 saturated carbocycles. The van der Waals surface area contributed by atoms with Gasteiger partial charge in [-0.3, -0.25) is 0 Å². The van der Waals surface area contributed by atoms with Crippen LogP contribution in [0.15, 0.2) is 47.1 Å². The lowest BCUT2D eigenvalue weighted by Crippen LogP contribution is -1.82. The van der Waals surface area contributed by atoms with Gasteiger partial charge in [0.1, 0.15) is 5.83 Å². The molecule has 0 amide bonds. The van der Waals surface area contributed by atoms with Gasteiger partial charge >= 0.3 is 0 Å². The Morgan fingerprint density at radius 3 is 2.69 bits per heavy atom. The topological polar surface area (TPSA) is 46.3 Å². The standard InChI is InChI=1S/C12H10FNO2/c13-11(7-15)5-9-1-3-10(4-2-9)12-6-14-8-16-12/h1-6,8,15H,7H2/b11-5+. The minimum atomic E-state index is -0.580. The molecule has 4 heteroatoms. The third-order valence-corrected chi connectivity index (χ3v) is 2.10. The third-order valence-electron chi connectivity index (χ3n) is 2.10. The molecule has 0 aliphatic rings. The summed E-state index contributed by atoms with van der Waals surface area (Å²) in [6.45, 7) is -0.580. The Balaban J connectivity index is 2.23. The molecule has 0 aliphatic carbocycles. The van der Waals surface area contributed by atoms with Crippen LogP contribution in [0, 0.1) is 0 Å². The van der Waals surface area contributed by atoms with E-state index in [1.165, 1.54) is 12.5 Å². The van der Waals surface area contributed by atoms with Crippen LogP contribution >= 0.6 is 0 Å². The molecule has 0 saturated heterocycles. The Bertz CT molecular complexity index is 474. The smallest absolute Gasteiger partial charge is 0.181 e. The number of hydrogen-bond donors (Lipinski definition) is 1. The maximum atomic E-state index is 12.8. The average Bonchev–Trinajstić information content (AvgIpc) is 2.83. The van der Waals surface area contributed by atoms with Crippen molar-refractivity contribution in [2.24, 2.45) is 0 Å². The highest BCUT2D eigenvalue weighted by Gasteiger charge is 2.00. The fraction of sp³-hybridized carbons (Fsp3) is 0.0833. The van der Waals surface area contributed by atoms with Crippen LogP contribution in [0.2, 0.25) is 0 Å². The van der Waals surface area contributed by atoms with E-state index in [2.05, 4.69) is 4.98 Å². The number of benzene rings is 1. The van der Waals surface area contributed by atoms with Crippen LogP contribution in [-0.2, 0) is 0 Å². The van der Waals surface area contributed by atoms with Gasteiger partial charge < -0.3 is 9.52 Å². The SMILES string of the molecule is OC/C(F)=C\c1ccc(-c2cnco2)cc1. The van der Waals surface area contributed by atoms with Gasteiger partial charge in [0, 0.05) is 5.56 Å². The lowest BCUT2D eigenvalue weighted by atomic mass is 10.1. The van der Waals surface area contributed by atoms with Gasteiger partial charge in [-0.25, -0.2) is 9.37 Å². The van der Waals surface area contributed by atoms with Crippen molar-refractivity contribution >= 4 is 6.08 Å². The summed E-state index contributed by atoms with van der Waals surface area (Å²) in [6.07, 6.45) is 4.25. The van der Waals surface area contributed by atoms with Crippen molar-refractivity contribution in [1.82, 2.24) is 4.98 Å². The van der Waals surface area contributed by atoms with Crippen LogP contribution in [0.4, 0.5) is 4.39 Å². The fourth-order valence-corrected chi connectivity index (χ4v) is 1.33. The monoisotopic (exact) mass is 219 g/mol. The average molecular weight is 219 g/mol. The Kier molecular flexibility index (Phi) is 3.12. The summed E-state index contributed by atoms with van der Waals surface area (Å²) in [7, 11) is 0. The molecule has 0 aliphatic heterocycles. The molecule has 1 heterocycles. The van der Waals surface area contributed by atoms with E-state index in [1.54, 1.807) is 30.5 Å². The summed E-state index contributed by atoms with van der Waals surface area (Å²) in [6, 6.07) is 7.09.